The maximum atomic E-state index is 5.53. The summed E-state index contributed by atoms with van der Waals surface area (Å²) in [5.74, 6) is 2.61. The van der Waals surface area contributed by atoms with Crippen LogP contribution in [0.5, 0.6) is 11.5 Å². The normalized spacial score (nSPS) is 13.5. The Morgan fingerprint density at radius 2 is 2.05 bits per heavy atom. The fraction of sp³-hybridized carbons (Fsp3) is 0.385. The molecule has 3 rings (SSSR count). The largest absolute Gasteiger partial charge is 0.486 e. The lowest BCUT2D eigenvalue weighted by atomic mass is 10.2. The molecular weight excluding hydrogens is 246 g/mol. The zero-order valence-corrected chi connectivity index (χ0v) is 10.7. The van der Waals surface area contributed by atoms with Crippen LogP contribution in [-0.2, 0) is 6.54 Å². The monoisotopic (exact) mass is 261 g/mol. The third-order valence-corrected chi connectivity index (χ3v) is 2.79. The predicted octanol–water partition coefficient (Wildman–Crippen LogP) is 1.62. The molecule has 0 atom stereocenters. The molecule has 0 radical (unpaired) electrons. The summed E-state index contributed by atoms with van der Waals surface area (Å²) in [4.78, 5) is 4.33. The lowest BCUT2D eigenvalue weighted by Gasteiger charge is -2.18. The molecule has 2 heterocycles. The third-order valence-electron chi connectivity index (χ3n) is 2.79. The zero-order valence-electron chi connectivity index (χ0n) is 10.7. The van der Waals surface area contributed by atoms with Gasteiger partial charge in [-0.05, 0) is 24.7 Å². The summed E-state index contributed by atoms with van der Waals surface area (Å²) in [7, 11) is 0. The SMILES string of the molecule is CCNCc1noc(-c2ccc3c(c2)OCCO3)n1. The molecule has 6 heteroatoms. The van der Waals surface area contributed by atoms with E-state index >= 15 is 0 Å². The Morgan fingerprint density at radius 1 is 1.21 bits per heavy atom. The van der Waals surface area contributed by atoms with E-state index in [-0.39, 0.29) is 0 Å². The molecule has 0 amide bonds. The summed E-state index contributed by atoms with van der Waals surface area (Å²) < 4.78 is 16.2. The lowest BCUT2D eigenvalue weighted by Crippen LogP contribution is -2.15. The molecule has 0 saturated carbocycles. The van der Waals surface area contributed by atoms with E-state index in [1.54, 1.807) is 0 Å². The number of nitrogens with zero attached hydrogens (tertiary/aromatic N) is 2. The third kappa shape index (κ3) is 2.53. The molecule has 0 bridgehead atoms. The first-order valence-corrected chi connectivity index (χ1v) is 6.30. The first-order valence-electron chi connectivity index (χ1n) is 6.30. The summed E-state index contributed by atoms with van der Waals surface area (Å²) in [5, 5.41) is 7.07. The van der Waals surface area contributed by atoms with Gasteiger partial charge in [-0.3, -0.25) is 0 Å². The van der Waals surface area contributed by atoms with Gasteiger partial charge < -0.3 is 19.3 Å². The fourth-order valence-corrected chi connectivity index (χ4v) is 1.86. The van der Waals surface area contributed by atoms with Gasteiger partial charge in [0, 0.05) is 5.56 Å². The molecule has 2 aromatic rings. The minimum Gasteiger partial charge on any atom is -0.486 e. The Kier molecular flexibility index (Phi) is 3.33. The quantitative estimate of drug-likeness (QED) is 0.901. The van der Waals surface area contributed by atoms with Crippen molar-refractivity contribution in [3.8, 4) is 23.0 Å². The van der Waals surface area contributed by atoms with Gasteiger partial charge in [-0.1, -0.05) is 12.1 Å². The van der Waals surface area contributed by atoms with Crippen molar-refractivity contribution in [2.45, 2.75) is 13.5 Å². The van der Waals surface area contributed by atoms with Gasteiger partial charge in [0.1, 0.15) is 13.2 Å². The first-order chi connectivity index (χ1) is 9.36. The molecule has 1 aliphatic heterocycles. The molecule has 6 nitrogen and oxygen atoms in total. The number of nitrogens with one attached hydrogen (secondary N) is 1. The number of benzene rings is 1. The van der Waals surface area contributed by atoms with Crippen LogP contribution in [-0.4, -0.2) is 29.9 Å². The van der Waals surface area contributed by atoms with Crippen molar-refractivity contribution in [3.63, 3.8) is 0 Å². The van der Waals surface area contributed by atoms with Gasteiger partial charge in [-0.2, -0.15) is 4.98 Å². The van der Waals surface area contributed by atoms with E-state index < -0.39 is 0 Å². The smallest absolute Gasteiger partial charge is 0.258 e. The van der Waals surface area contributed by atoms with Gasteiger partial charge in [-0.15, -0.1) is 0 Å². The number of hydrogen-bond acceptors (Lipinski definition) is 6. The Hall–Kier alpha value is -2.08. The molecule has 0 unspecified atom stereocenters. The standard InChI is InChI=1S/C13H15N3O3/c1-2-14-8-12-15-13(19-16-12)9-3-4-10-11(7-9)18-6-5-17-10/h3-4,7,14H,2,5-6,8H2,1H3. The molecule has 0 aliphatic carbocycles. The average Bonchev–Trinajstić information content (AvgIpc) is 2.93. The molecule has 0 fully saturated rings. The summed E-state index contributed by atoms with van der Waals surface area (Å²) in [6.07, 6.45) is 0. The molecule has 1 aliphatic rings. The Bertz CT molecular complexity index is 568. The average molecular weight is 261 g/mol. The summed E-state index contributed by atoms with van der Waals surface area (Å²) in [5.41, 5.74) is 0.833. The van der Waals surface area contributed by atoms with E-state index in [9.17, 15) is 0 Å². The van der Waals surface area contributed by atoms with Gasteiger partial charge >= 0.3 is 0 Å². The van der Waals surface area contributed by atoms with Crippen molar-refractivity contribution >= 4 is 0 Å². The van der Waals surface area contributed by atoms with Gasteiger partial charge in [-0.25, -0.2) is 0 Å². The second kappa shape index (κ2) is 5.27. The van der Waals surface area contributed by atoms with E-state index in [0.29, 0.717) is 31.5 Å². The minimum atomic E-state index is 0.491. The van der Waals surface area contributed by atoms with Crippen LogP contribution in [0.2, 0.25) is 0 Å². The van der Waals surface area contributed by atoms with Gasteiger partial charge in [0.05, 0.1) is 6.54 Å². The Balaban J connectivity index is 1.83. The second-order valence-corrected chi connectivity index (χ2v) is 4.15. The molecule has 0 saturated heterocycles. The van der Waals surface area contributed by atoms with Crippen LogP contribution < -0.4 is 14.8 Å². The Labute approximate surface area is 110 Å². The van der Waals surface area contributed by atoms with Crippen LogP contribution in [0, 0.1) is 0 Å². The number of ether oxygens (including phenoxy) is 2. The summed E-state index contributed by atoms with van der Waals surface area (Å²) in [6, 6.07) is 5.61. The lowest BCUT2D eigenvalue weighted by molar-refractivity contribution is 0.171. The van der Waals surface area contributed by atoms with E-state index in [4.69, 9.17) is 14.0 Å². The molecule has 0 spiro atoms. The van der Waals surface area contributed by atoms with Crippen molar-refractivity contribution in [2.24, 2.45) is 0 Å². The van der Waals surface area contributed by atoms with Crippen molar-refractivity contribution in [3.05, 3.63) is 24.0 Å². The van der Waals surface area contributed by atoms with Crippen LogP contribution in [0.25, 0.3) is 11.5 Å². The van der Waals surface area contributed by atoms with Gasteiger partial charge in [0.2, 0.25) is 0 Å². The molecule has 1 aromatic heterocycles. The highest BCUT2D eigenvalue weighted by molar-refractivity contribution is 5.60. The maximum absolute atomic E-state index is 5.53. The van der Waals surface area contributed by atoms with Crippen LogP contribution in [0.4, 0.5) is 0 Å². The van der Waals surface area contributed by atoms with E-state index in [1.165, 1.54) is 0 Å². The number of rotatable bonds is 4. The van der Waals surface area contributed by atoms with E-state index in [0.717, 1.165) is 23.6 Å². The van der Waals surface area contributed by atoms with Crippen LogP contribution >= 0.6 is 0 Å². The summed E-state index contributed by atoms with van der Waals surface area (Å²) >= 11 is 0. The Morgan fingerprint density at radius 3 is 2.89 bits per heavy atom. The summed E-state index contributed by atoms with van der Waals surface area (Å²) in [6.45, 7) is 4.64. The first kappa shape index (κ1) is 12.0. The van der Waals surface area contributed by atoms with Crippen molar-refractivity contribution in [1.82, 2.24) is 15.5 Å². The van der Waals surface area contributed by atoms with Crippen LogP contribution in [0.3, 0.4) is 0 Å². The molecule has 1 N–H and O–H groups in total. The highest BCUT2D eigenvalue weighted by Crippen LogP contribution is 2.33. The molecule has 19 heavy (non-hydrogen) atoms. The second-order valence-electron chi connectivity index (χ2n) is 4.15. The van der Waals surface area contributed by atoms with E-state index in [1.807, 2.05) is 25.1 Å². The van der Waals surface area contributed by atoms with Crippen molar-refractivity contribution < 1.29 is 14.0 Å². The van der Waals surface area contributed by atoms with Gasteiger partial charge in [0.15, 0.2) is 17.3 Å². The molecule has 1 aromatic carbocycles. The van der Waals surface area contributed by atoms with Crippen LogP contribution in [0.15, 0.2) is 22.7 Å². The number of fused-ring (bicyclic) bond motifs is 1. The predicted molar refractivity (Wildman–Crippen MR) is 68.1 cm³/mol. The number of aromatic nitrogens is 2. The zero-order chi connectivity index (χ0) is 13.1. The van der Waals surface area contributed by atoms with Crippen LogP contribution in [0.1, 0.15) is 12.7 Å². The maximum Gasteiger partial charge on any atom is 0.258 e. The minimum absolute atomic E-state index is 0.491. The molecular formula is C13H15N3O3. The van der Waals surface area contributed by atoms with E-state index in [2.05, 4.69) is 15.5 Å². The van der Waals surface area contributed by atoms with Crippen molar-refractivity contribution in [2.75, 3.05) is 19.8 Å². The highest BCUT2D eigenvalue weighted by atomic mass is 16.6. The topological polar surface area (TPSA) is 69.4 Å². The van der Waals surface area contributed by atoms with Gasteiger partial charge in [0.25, 0.3) is 5.89 Å². The fourth-order valence-electron chi connectivity index (χ4n) is 1.86. The number of hydrogen-bond donors (Lipinski definition) is 1. The van der Waals surface area contributed by atoms with Crippen molar-refractivity contribution in [1.29, 1.82) is 0 Å². The molecule has 100 valence electrons. The highest BCUT2D eigenvalue weighted by Gasteiger charge is 2.15.